The van der Waals surface area contributed by atoms with Gasteiger partial charge in [0.25, 0.3) is 0 Å². The van der Waals surface area contributed by atoms with Crippen molar-refractivity contribution in [2.75, 3.05) is 6.61 Å². The van der Waals surface area contributed by atoms with Crippen LogP contribution in [0.4, 0.5) is 4.79 Å². The summed E-state index contributed by atoms with van der Waals surface area (Å²) in [4.78, 5) is 23.4. The van der Waals surface area contributed by atoms with Gasteiger partial charge in [0.2, 0.25) is 0 Å². The molecule has 0 spiro atoms. The smallest absolute Gasteiger partial charge is 0.418 e. The molecule has 1 aliphatic rings. The standard InChI is InChI=1S/C16H15NO4/c1-2-21-16(20)17-13-6-4-3-5-11(13)12-9-10(15(18)19)7-8-14(12)17/h3-6,9H,2,7-8H2,1H3,(H,18,19). The van der Waals surface area contributed by atoms with Crippen molar-refractivity contribution < 1.29 is 19.4 Å². The van der Waals surface area contributed by atoms with Crippen molar-refractivity contribution in [1.82, 2.24) is 4.57 Å². The van der Waals surface area contributed by atoms with Gasteiger partial charge in [0.1, 0.15) is 0 Å². The van der Waals surface area contributed by atoms with Crippen LogP contribution in [-0.4, -0.2) is 28.3 Å². The second-order valence-electron chi connectivity index (χ2n) is 4.89. The number of nitrogens with zero attached hydrogens (tertiary/aromatic N) is 1. The Morgan fingerprint density at radius 1 is 1.29 bits per heavy atom. The Kier molecular flexibility index (Phi) is 3.25. The number of carboxylic acids is 1. The Labute approximate surface area is 121 Å². The van der Waals surface area contributed by atoms with Crippen LogP contribution in [0.25, 0.3) is 17.0 Å². The largest absolute Gasteiger partial charge is 0.478 e. The summed E-state index contributed by atoms with van der Waals surface area (Å²) < 4.78 is 6.68. The number of aromatic nitrogens is 1. The van der Waals surface area contributed by atoms with Crippen LogP contribution < -0.4 is 0 Å². The first-order valence-electron chi connectivity index (χ1n) is 6.86. The average Bonchev–Trinajstić information content (AvgIpc) is 2.81. The first-order chi connectivity index (χ1) is 10.1. The van der Waals surface area contributed by atoms with Crippen LogP contribution in [0.1, 0.15) is 24.6 Å². The zero-order valence-electron chi connectivity index (χ0n) is 11.6. The first-order valence-corrected chi connectivity index (χ1v) is 6.86. The van der Waals surface area contributed by atoms with Crippen LogP contribution in [-0.2, 0) is 16.0 Å². The second-order valence-corrected chi connectivity index (χ2v) is 4.89. The quantitative estimate of drug-likeness (QED) is 0.920. The molecule has 0 saturated heterocycles. The molecule has 0 bridgehead atoms. The van der Waals surface area contributed by atoms with Crippen LogP contribution in [0, 0.1) is 0 Å². The van der Waals surface area contributed by atoms with Gasteiger partial charge < -0.3 is 9.84 Å². The lowest BCUT2D eigenvalue weighted by Gasteiger charge is -2.14. The van der Waals surface area contributed by atoms with Gasteiger partial charge in [-0.25, -0.2) is 14.2 Å². The fourth-order valence-corrected chi connectivity index (χ4v) is 2.79. The Hall–Kier alpha value is -2.56. The van der Waals surface area contributed by atoms with Gasteiger partial charge in [-0.3, -0.25) is 0 Å². The summed E-state index contributed by atoms with van der Waals surface area (Å²) >= 11 is 0. The van der Waals surface area contributed by atoms with Crippen molar-refractivity contribution in [1.29, 1.82) is 0 Å². The minimum absolute atomic E-state index is 0.302. The number of para-hydroxylation sites is 1. The molecule has 0 fully saturated rings. The van der Waals surface area contributed by atoms with Crippen molar-refractivity contribution in [3.05, 3.63) is 41.1 Å². The van der Waals surface area contributed by atoms with Crippen molar-refractivity contribution in [2.24, 2.45) is 0 Å². The summed E-state index contributed by atoms with van der Waals surface area (Å²) in [6.45, 7) is 2.06. The molecule has 0 saturated carbocycles. The summed E-state index contributed by atoms with van der Waals surface area (Å²) in [5.41, 5.74) is 2.75. The van der Waals surface area contributed by atoms with E-state index in [1.165, 1.54) is 0 Å². The Morgan fingerprint density at radius 3 is 2.76 bits per heavy atom. The second kappa shape index (κ2) is 5.09. The van der Waals surface area contributed by atoms with Gasteiger partial charge in [0, 0.05) is 22.2 Å². The maximum Gasteiger partial charge on any atom is 0.418 e. The topological polar surface area (TPSA) is 68.5 Å². The van der Waals surface area contributed by atoms with Crippen LogP contribution >= 0.6 is 0 Å². The van der Waals surface area contributed by atoms with E-state index in [9.17, 15) is 9.59 Å². The van der Waals surface area contributed by atoms with Gasteiger partial charge in [0.05, 0.1) is 12.1 Å². The van der Waals surface area contributed by atoms with E-state index in [0.29, 0.717) is 25.0 Å². The van der Waals surface area contributed by atoms with E-state index in [2.05, 4.69) is 0 Å². The highest BCUT2D eigenvalue weighted by Gasteiger charge is 2.25. The molecule has 0 radical (unpaired) electrons. The highest BCUT2D eigenvalue weighted by molar-refractivity contribution is 6.02. The normalized spacial score (nSPS) is 13.7. The predicted octanol–water partition coefficient (Wildman–Crippen LogP) is 3.06. The lowest BCUT2D eigenvalue weighted by molar-refractivity contribution is -0.132. The number of carboxylic acid groups (broad SMARTS) is 1. The highest BCUT2D eigenvalue weighted by Crippen LogP contribution is 2.33. The van der Waals surface area contributed by atoms with Crippen LogP contribution in [0.2, 0.25) is 0 Å². The zero-order chi connectivity index (χ0) is 15.0. The molecule has 1 aliphatic carbocycles. The number of carbonyl (C=O) groups is 2. The molecule has 1 aromatic heterocycles. The Morgan fingerprint density at radius 2 is 2.05 bits per heavy atom. The summed E-state index contributed by atoms with van der Waals surface area (Å²) in [6, 6.07) is 7.47. The third-order valence-electron chi connectivity index (χ3n) is 3.69. The monoisotopic (exact) mass is 285 g/mol. The molecule has 21 heavy (non-hydrogen) atoms. The minimum Gasteiger partial charge on any atom is -0.478 e. The predicted molar refractivity (Wildman–Crippen MR) is 78.3 cm³/mol. The number of hydrogen-bond donors (Lipinski definition) is 1. The molecule has 1 heterocycles. The van der Waals surface area contributed by atoms with Crippen molar-refractivity contribution in [3.63, 3.8) is 0 Å². The number of benzene rings is 1. The molecular weight excluding hydrogens is 270 g/mol. The number of rotatable bonds is 2. The molecule has 2 aromatic rings. The van der Waals surface area contributed by atoms with Gasteiger partial charge >= 0.3 is 12.1 Å². The molecule has 3 rings (SSSR count). The van der Waals surface area contributed by atoms with Crippen LogP contribution in [0.15, 0.2) is 29.8 Å². The van der Waals surface area contributed by atoms with Gasteiger partial charge in [-0.05, 0) is 31.9 Å². The number of fused-ring (bicyclic) bond motifs is 3. The third kappa shape index (κ3) is 2.11. The van der Waals surface area contributed by atoms with E-state index < -0.39 is 12.1 Å². The molecule has 0 amide bonds. The molecule has 1 N–H and O–H groups in total. The van der Waals surface area contributed by atoms with E-state index in [0.717, 1.165) is 22.2 Å². The maximum atomic E-state index is 12.2. The van der Waals surface area contributed by atoms with Gasteiger partial charge in [-0.1, -0.05) is 18.2 Å². The molecule has 0 aliphatic heterocycles. The number of ether oxygens (including phenoxy) is 1. The van der Waals surface area contributed by atoms with Crippen LogP contribution in [0.3, 0.4) is 0 Å². The van der Waals surface area contributed by atoms with Crippen molar-refractivity contribution in [2.45, 2.75) is 19.8 Å². The Bertz CT molecular complexity index is 770. The summed E-state index contributed by atoms with van der Waals surface area (Å²) in [5.74, 6) is -0.909. The first kappa shape index (κ1) is 13.4. The van der Waals surface area contributed by atoms with E-state index in [4.69, 9.17) is 9.84 Å². The lowest BCUT2D eigenvalue weighted by atomic mass is 9.96. The van der Waals surface area contributed by atoms with Crippen molar-refractivity contribution in [3.8, 4) is 0 Å². The molecule has 0 atom stereocenters. The summed E-state index contributed by atoms with van der Waals surface area (Å²) in [5, 5.41) is 10.0. The third-order valence-corrected chi connectivity index (χ3v) is 3.69. The SMILES string of the molecule is CCOC(=O)n1c2c(c3ccccc31)C=C(C(=O)O)CC2. The van der Waals surface area contributed by atoms with E-state index in [1.807, 2.05) is 24.3 Å². The van der Waals surface area contributed by atoms with Crippen LogP contribution in [0.5, 0.6) is 0 Å². The number of carbonyl (C=O) groups excluding carboxylic acids is 1. The molecule has 108 valence electrons. The van der Waals surface area contributed by atoms with Gasteiger partial charge in [-0.15, -0.1) is 0 Å². The molecular formula is C16H15NO4. The summed E-state index contributed by atoms with van der Waals surface area (Å²) in [6.07, 6.45) is 2.18. The fraction of sp³-hybridized carbons (Fsp3) is 0.250. The van der Waals surface area contributed by atoms with Gasteiger partial charge in [-0.2, -0.15) is 0 Å². The molecule has 5 heteroatoms. The fourth-order valence-electron chi connectivity index (χ4n) is 2.79. The van der Waals surface area contributed by atoms with Gasteiger partial charge in [0.15, 0.2) is 0 Å². The lowest BCUT2D eigenvalue weighted by Crippen LogP contribution is -2.18. The molecule has 1 aromatic carbocycles. The minimum atomic E-state index is -0.909. The Balaban J connectivity index is 2.27. The van der Waals surface area contributed by atoms with E-state index in [-0.39, 0.29) is 0 Å². The van der Waals surface area contributed by atoms with Crippen molar-refractivity contribution >= 4 is 29.0 Å². The molecule has 5 nitrogen and oxygen atoms in total. The zero-order valence-corrected chi connectivity index (χ0v) is 11.6. The van der Waals surface area contributed by atoms with E-state index in [1.54, 1.807) is 17.6 Å². The van der Waals surface area contributed by atoms with E-state index >= 15 is 0 Å². The average molecular weight is 285 g/mol. The number of hydrogen-bond acceptors (Lipinski definition) is 3. The maximum absolute atomic E-state index is 12.2. The highest BCUT2D eigenvalue weighted by atomic mass is 16.5. The summed E-state index contributed by atoms with van der Waals surface area (Å²) in [7, 11) is 0. The number of aliphatic carboxylic acids is 1. The molecule has 0 unspecified atom stereocenters.